The fourth-order valence-corrected chi connectivity index (χ4v) is 2.02. The molecule has 3 amide bonds. The number of amides is 3. The molecular formula is C11H19N3O3. The average molecular weight is 241 g/mol. The molecule has 2 fully saturated rings. The van der Waals surface area contributed by atoms with Crippen LogP contribution < -0.4 is 10.6 Å². The first-order valence-corrected chi connectivity index (χ1v) is 6.11. The molecule has 1 unspecified atom stereocenters. The molecule has 1 heterocycles. The van der Waals surface area contributed by atoms with Crippen LogP contribution in [0.15, 0.2) is 0 Å². The van der Waals surface area contributed by atoms with Gasteiger partial charge in [-0.05, 0) is 31.7 Å². The molecule has 1 atom stereocenters. The molecule has 0 aromatic heterocycles. The molecule has 96 valence electrons. The number of carbonyl (C=O) groups is 2. The van der Waals surface area contributed by atoms with Gasteiger partial charge in [0.15, 0.2) is 0 Å². The smallest absolute Gasteiger partial charge is 0.321 e. The van der Waals surface area contributed by atoms with Gasteiger partial charge in [-0.15, -0.1) is 0 Å². The molecule has 0 radical (unpaired) electrons. The molecule has 2 aliphatic rings. The van der Waals surface area contributed by atoms with Crippen molar-refractivity contribution in [1.82, 2.24) is 15.5 Å². The molecule has 1 saturated carbocycles. The number of carbonyl (C=O) groups excluding carboxylic acids is 2. The highest BCUT2D eigenvalue weighted by Gasteiger charge is 2.26. The molecule has 2 rings (SSSR count). The topological polar surface area (TPSA) is 81.7 Å². The zero-order valence-electron chi connectivity index (χ0n) is 9.82. The number of hydrogen-bond acceptors (Lipinski definition) is 4. The van der Waals surface area contributed by atoms with Crippen molar-refractivity contribution in [2.75, 3.05) is 26.2 Å². The van der Waals surface area contributed by atoms with E-state index in [-0.39, 0.29) is 31.0 Å². The SMILES string of the molecule is O=C(CN1CCC(CO)C1)NC(=O)NC1CC1. The van der Waals surface area contributed by atoms with E-state index in [0.29, 0.717) is 0 Å². The van der Waals surface area contributed by atoms with Crippen molar-refractivity contribution in [3.8, 4) is 0 Å². The van der Waals surface area contributed by atoms with Gasteiger partial charge in [0, 0.05) is 19.2 Å². The number of aliphatic hydroxyl groups is 1. The fraction of sp³-hybridized carbons (Fsp3) is 0.818. The third-order valence-corrected chi connectivity index (χ3v) is 3.16. The predicted molar refractivity (Wildman–Crippen MR) is 61.3 cm³/mol. The number of hydrogen-bond donors (Lipinski definition) is 3. The Labute approximate surface area is 100 Å². The Morgan fingerprint density at radius 1 is 1.29 bits per heavy atom. The van der Waals surface area contributed by atoms with Crippen LogP contribution in [0.1, 0.15) is 19.3 Å². The quantitative estimate of drug-likeness (QED) is 0.607. The van der Waals surface area contributed by atoms with E-state index in [1.165, 1.54) is 0 Å². The summed E-state index contributed by atoms with van der Waals surface area (Å²) in [6, 6.07) is -0.135. The number of nitrogens with one attached hydrogen (secondary N) is 2. The van der Waals surface area contributed by atoms with Gasteiger partial charge in [0.2, 0.25) is 5.91 Å². The third kappa shape index (κ3) is 3.98. The summed E-state index contributed by atoms with van der Waals surface area (Å²) in [6.07, 6.45) is 2.93. The lowest BCUT2D eigenvalue weighted by Crippen LogP contribution is -2.44. The highest BCUT2D eigenvalue weighted by Crippen LogP contribution is 2.18. The van der Waals surface area contributed by atoms with Crippen molar-refractivity contribution >= 4 is 11.9 Å². The number of urea groups is 1. The monoisotopic (exact) mass is 241 g/mol. The summed E-state index contributed by atoms with van der Waals surface area (Å²) in [7, 11) is 0. The maximum atomic E-state index is 11.5. The van der Waals surface area contributed by atoms with Crippen molar-refractivity contribution in [1.29, 1.82) is 0 Å². The van der Waals surface area contributed by atoms with E-state index in [9.17, 15) is 9.59 Å². The first-order chi connectivity index (χ1) is 8.17. The lowest BCUT2D eigenvalue weighted by Gasteiger charge is -2.14. The number of nitrogens with zero attached hydrogens (tertiary/aromatic N) is 1. The van der Waals surface area contributed by atoms with Crippen LogP contribution in [0.5, 0.6) is 0 Å². The normalized spacial score (nSPS) is 24.6. The Bertz CT molecular complexity index is 304. The van der Waals surface area contributed by atoms with E-state index in [1.807, 2.05) is 4.90 Å². The summed E-state index contributed by atoms with van der Waals surface area (Å²) in [5, 5.41) is 14.0. The van der Waals surface area contributed by atoms with Crippen LogP contribution in [0.2, 0.25) is 0 Å². The molecule has 3 N–H and O–H groups in total. The molecule has 0 bridgehead atoms. The number of rotatable bonds is 4. The highest BCUT2D eigenvalue weighted by molar-refractivity contribution is 5.95. The van der Waals surface area contributed by atoms with Crippen LogP contribution in [0.4, 0.5) is 4.79 Å². The first-order valence-electron chi connectivity index (χ1n) is 6.11. The first kappa shape index (κ1) is 12.3. The van der Waals surface area contributed by atoms with Crippen LogP contribution in [-0.2, 0) is 4.79 Å². The highest BCUT2D eigenvalue weighted by atomic mass is 16.3. The van der Waals surface area contributed by atoms with Gasteiger partial charge in [-0.25, -0.2) is 4.79 Å². The van der Waals surface area contributed by atoms with E-state index >= 15 is 0 Å². The largest absolute Gasteiger partial charge is 0.396 e. The maximum Gasteiger partial charge on any atom is 0.321 e. The Balaban J connectivity index is 1.64. The van der Waals surface area contributed by atoms with Crippen LogP contribution in [0.25, 0.3) is 0 Å². The fourth-order valence-electron chi connectivity index (χ4n) is 2.02. The third-order valence-electron chi connectivity index (χ3n) is 3.16. The van der Waals surface area contributed by atoms with Crippen LogP contribution in [0.3, 0.4) is 0 Å². The minimum Gasteiger partial charge on any atom is -0.396 e. The van der Waals surface area contributed by atoms with E-state index in [4.69, 9.17) is 5.11 Å². The summed E-state index contributed by atoms with van der Waals surface area (Å²) in [6.45, 7) is 1.94. The predicted octanol–water partition coefficient (Wildman–Crippen LogP) is -0.711. The second kappa shape index (κ2) is 5.46. The van der Waals surface area contributed by atoms with Crippen molar-refractivity contribution in [3.63, 3.8) is 0 Å². The van der Waals surface area contributed by atoms with Crippen LogP contribution in [-0.4, -0.2) is 54.2 Å². The Morgan fingerprint density at radius 3 is 2.65 bits per heavy atom. The standard InChI is InChI=1S/C11H19N3O3/c15-7-8-3-4-14(5-8)6-10(16)13-11(17)12-9-1-2-9/h8-9,15H,1-7H2,(H2,12,13,16,17). The zero-order chi connectivity index (χ0) is 12.3. The maximum absolute atomic E-state index is 11.5. The summed E-state index contributed by atoms with van der Waals surface area (Å²) in [5.74, 6) is -0.00942. The van der Waals surface area contributed by atoms with Gasteiger partial charge in [-0.1, -0.05) is 0 Å². The van der Waals surface area contributed by atoms with Gasteiger partial charge in [-0.3, -0.25) is 15.0 Å². The molecule has 0 aromatic rings. The van der Waals surface area contributed by atoms with E-state index in [0.717, 1.165) is 32.4 Å². The minimum atomic E-state index is -0.393. The summed E-state index contributed by atoms with van der Waals surface area (Å²) in [5.41, 5.74) is 0. The van der Waals surface area contributed by atoms with E-state index < -0.39 is 6.03 Å². The number of aliphatic hydroxyl groups excluding tert-OH is 1. The van der Waals surface area contributed by atoms with Crippen molar-refractivity contribution in [3.05, 3.63) is 0 Å². The Morgan fingerprint density at radius 2 is 2.06 bits per heavy atom. The van der Waals surface area contributed by atoms with Gasteiger partial charge < -0.3 is 10.4 Å². The lowest BCUT2D eigenvalue weighted by atomic mass is 10.1. The van der Waals surface area contributed by atoms with Gasteiger partial charge in [0.25, 0.3) is 0 Å². The molecule has 1 aliphatic carbocycles. The van der Waals surface area contributed by atoms with E-state index in [1.54, 1.807) is 0 Å². The summed E-state index contributed by atoms with van der Waals surface area (Å²) < 4.78 is 0. The second-order valence-electron chi connectivity index (χ2n) is 4.87. The molecule has 6 heteroatoms. The van der Waals surface area contributed by atoms with Gasteiger partial charge in [0.1, 0.15) is 0 Å². The van der Waals surface area contributed by atoms with Crippen molar-refractivity contribution in [2.45, 2.75) is 25.3 Å². The van der Waals surface area contributed by atoms with Crippen molar-refractivity contribution in [2.24, 2.45) is 5.92 Å². The van der Waals surface area contributed by atoms with Crippen molar-refractivity contribution < 1.29 is 14.7 Å². The molecule has 0 aromatic carbocycles. The molecule has 17 heavy (non-hydrogen) atoms. The van der Waals surface area contributed by atoms with Gasteiger partial charge in [0.05, 0.1) is 6.54 Å². The molecule has 0 spiro atoms. The summed E-state index contributed by atoms with van der Waals surface area (Å²) in [4.78, 5) is 24.8. The molecule has 1 aliphatic heterocycles. The van der Waals surface area contributed by atoms with Crippen LogP contribution >= 0.6 is 0 Å². The average Bonchev–Trinajstić information content (AvgIpc) is 2.95. The molecular weight excluding hydrogens is 222 g/mol. The summed E-state index contributed by atoms with van der Waals surface area (Å²) >= 11 is 0. The number of likely N-dealkylation sites (tertiary alicyclic amines) is 1. The Kier molecular flexibility index (Phi) is 3.96. The van der Waals surface area contributed by atoms with Gasteiger partial charge >= 0.3 is 6.03 Å². The lowest BCUT2D eigenvalue weighted by molar-refractivity contribution is -0.121. The number of imide groups is 1. The van der Waals surface area contributed by atoms with Gasteiger partial charge in [-0.2, -0.15) is 0 Å². The second-order valence-corrected chi connectivity index (χ2v) is 4.87. The minimum absolute atomic E-state index is 0.167. The molecule has 6 nitrogen and oxygen atoms in total. The van der Waals surface area contributed by atoms with Crippen LogP contribution in [0, 0.1) is 5.92 Å². The Hall–Kier alpha value is -1.14. The zero-order valence-corrected chi connectivity index (χ0v) is 9.82. The molecule has 1 saturated heterocycles. The van der Waals surface area contributed by atoms with E-state index in [2.05, 4.69) is 10.6 Å².